The van der Waals surface area contributed by atoms with Crippen LogP contribution < -0.4 is 14.2 Å². The van der Waals surface area contributed by atoms with Gasteiger partial charge in [-0.2, -0.15) is 0 Å². The molecule has 1 heterocycles. The third-order valence-electron chi connectivity index (χ3n) is 10.8. The number of hydrogen-bond donors (Lipinski definition) is 5. The van der Waals surface area contributed by atoms with E-state index in [0.717, 1.165) is 57.3 Å². The van der Waals surface area contributed by atoms with Crippen molar-refractivity contribution in [1.82, 2.24) is 0 Å². The Bertz CT molecular complexity index is 2230. The van der Waals surface area contributed by atoms with E-state index in [0.29, 0.717) is 42.9 Å². The van der Waals surface area contributed by atoms with E-state index in [9.17, 15) is 25.5 Å². The lowest BCUT2D eigenvalue weighted by atomic mass is 9.82. The summed E-state index contributed by atoms with van der Waals surface area (Å²) in [6.07, 6.45) is 3.78. The molecule has 0 unspecified atom stereocenters. The number of aryl methyl sites for hydroxylation is 3. The summed E-state index contributed by atoms with van der Waals surface area (Å²) in [5.41, 5.74) is 7.30. The van der Waals surface area contributed by atoms with E-state index in [2.05, 4.69) is 12.1 Å². The van der Waals surface area contributed by atoms with Gasteiger partial charge in [0, 0.05) is 41.2 Å². The topological polar surface area (TPSA) is 129 Å². The number of phenols is 5. The summed E-state index contributed by atoms with van der Waals surface area (Å²) in [6.45, 7) is 0. The molecule has 8 heteroatoms. The fourth-order valence-electron chi connectivity index (χ4n) is 7.86. The van der Waals surface area contributed by atoms with E-state index in [1.54, 1.807) is 62.8 Å². The van der Waals surface area contributed by atoms with Crippen LogP contribution >= 0.6 is 0 Å². The maximum absolute atomic E-state index is 11.6. The van der Waals surface area contributed by atoms with Crippen LogP contribution in [0, 0.1) is 0 Å². The number of hydrogen-bond acceptors (Lipinski definition) is 8. The molecular formula is C47H46O8. The van der Waals surface area contributed by atoms with Gasteiger partial charge < -0.3 is 39.7 Å². The van der Waals surface area contributed by atoms with Gasteiger partial charge in [-0.3, -0.25) is 0 Å². The third-order valence-corrected chi connectivity index (χ3v) is 10.8. The Morgan fingerprint density at radius 3 is 1.82 bits per heavy atom. The van der Waals surface area contributed by atoms with Crippen LogP contribution in [0.2, 0.25) is 0 Å². The summed E-state index contributed by atoms with van der Waals surface area (Å²) >= 11 is 0. The average Bonchev–Trinajstić information content (AvgIpc) is 3.20. The van der Waals surface area contributed by atoms with Crippen LogP contribution in [0.4, 0.5) is 0 Å². The van der Waals surface area contributed by atoms with Crippen molar-refractivity contribution < 1.29 is 39.7 Å². The highest BCUT2D eigenvalue weighted by Gasteiger charge is 2.27. The molecule has 55 heavy (non-hydrogen) atoms. The standard InChI is InChI=1S/C47H46O8/c1-53-45-26-37(50)20-12-32(45)13-21-39(30-10-18-36(49)19-11-30)41-24-33(42(51)27-47(41)54-2)14-22-38(29-8-16-35(48)17-9-29)40-25-34-15-23-44(31-6-4-3-5-7-31)55-46(34)28-43(40)52/h3-12,16-20,24-28,38-39,44,48-52H,13-15,21-23H2,1-2H3/t38-,39-,44+/m0/s1. The minimum absolute atomic E-state index is 0.0902. The van der Waals surface area contributed by atoms with E-state index < -0.39 is 0 Å². The van der Waals surface area contributed by atoms with Crippen molar-refractivity contribution in [2.24, 2.45) is 0 Å². The monoisotopic (exact) mass is 738 g/mol. The maximum atomic E-state index is 11.6. The first-order chi connectivity index (χ1) is 26.7. The molecule has 8 nitrogen and oxygen atoms in total. The van der Waals surface area contributed by atoms with E-state index >= 15 is 0 Å². The van der Waals surface area contributed by atoms with Crippen molar-refractivity contribution in [3.63, 3.8) is 0 Å². The van der Waals surface area contributed by atoms with Crippen molar-refractivity contribution in [2.45, 2.75) is 56.5 Å². The highest BCUT2D eigenvalue weighted by molar-refractivity contribution is 5.54. The molecule has 0 saturated carbocycles. The normalized spacial score (nSPS) is 14.7. The maximum Gasteiger partial charge on any atom is 0.127 e. The Kier molecular flexibility index (Phi) is 11.0. The molecule has 5 N–H and O–H groups in total. The second-order valence-corrected chi connectivity index (χ2v) is 14.2. The molecule has 0 amide bonds. The van der Waals surface area contributed by atoms with E-state index in [-0.39, 0.29) is 46.7 Å². The highest BCUT2D eigenvalue weighted by Crippen LogP contribution is 2.45. The van der Waals surface area contributed by atoms with Crippen LogP contribution in [0.3, 0.4) is 0 Å². The number of benzene rings is 6. The minimum Gasteiger partial charge on any atom is -0.508 e. The van der Waals surface area contributed by atoms with Crippen LogP contribution in [-0.2, 0) is 19.3 Å². The SMILES string of the molecule is COc1cc(O)ccc1CC[C@@H](c1ccc(O)cc1)c1cc(CC[C@@H](c2ccc(O)cc2)c2cc3c(cc2O)O[C@@H](c2ccccc2)CC3)c(O)cc1OC. The van der Waals surface area contributed by atoms with Crippen LogP contribution in [0.5, 0.6) is 46.0 Å². The van der Waals surface area contributed by atoms with Crippen LogP contribution in [0.15, 0.2) is 121 Å². The molecule has 1 aliphatic heterocycles. The number of phenolic OH excluding ortho intramolecular Hbond substituents is 5. The van der Waals surface area contributed by atoms with Gasteiger partial charge in [-0.1, -0.05) is 60.7 Å². The molecule has 6 aromatic rings. The second-order valence-electron chi connectivity index (χ2n) is 14.2. The molecule has 0 aromatic heterocycles. The van der Waals surface area contributed by atoms with Crippen LogP contribution in [0.1, 0.15) is 81.7 Å². The summed E-state index contributed by atoms with van der Waals surface area (Å²) in [4.78, 5) is 0. The zero-order valence-electron chi connectivity index (χ0n) is 31.0. The van der Waals surface area contributed by atoms with Gasteiger partial charge >= 0.3 is 0 Å². The fourth-order valence-corrected chi connectivity index (χ4v) is 7.86. The van der Waals surface area contributed by atoms with E-state index in [4.69, 9.17) is 14.2 Å². The molecule has 0 bridgehead atoms. The van der Waals surface area contributed by atoms with Crippen LogP contribution in [0.25, 0.3) is 0 Å². The Balaban J connectivity index is 1.21. The quantitative estimate of drug-likeness (QED) is 0.0792. The molecule has 0 saturated heterocycles. The Labute approximate surface area is 321 Å². The Morgan fingerprint density at radius 2 is 1.18 bits per heavy atom. The predicted octanol–water partition coefficient (Wildman–Crippen LogP) is 9.83. The molecule has 1 aliphatic rings. The van der Waals surface area contributed by atoms with E-state index in [1.165, 1.54) is 0 Å². The molecule has 3 atom stereocenters. The lowest BCUT2D eigenvalue weighted by Crippen LogP contribution is -2.16. The third kappa shape index (κ3) is 8.29. The number of methoxy groups -OCH3 is 2. The van der Waals surface area contributed by atoms with E-state index in [1.807, 2.05) is 60.7 Å². The predicted molar refractivity (Wildman–Crippen MR) is 212 cm³/mol. The minimum atomic E-state index is -0.266. The number of fused-ring (bicyclic) bond motifs is 1. The molecular weight excluding hydrogens is 693 g/mol. The first-order valence-corrected chi connectivity index (χ1v) is 18.6. The Hall–Kier alpha value is -6.28. The summed E-state index contributed by atoms with van der Waals surface area (Å²) in [5.74, 6) is 2.02. The zero-order valence-corrected chi connectivity index (χ0v) is 31.0. The molecule has 0 radical (unpaired) electrons. The first kappa shape index (κ1) is 37.1. The highest BCUT2D eigenvalue weighted by atomic mass is 16.5. The fraction of sp³-hybridized carbons (Fsp3) is 0.234. The molecule has 6 aromatic carbocycles. The van der Waals surface area contributed by atoms with Gasteiger partial charge in [0.1, 0.15) is 52.1 Å². The van der Waals surface area contributed by atoms with Gasteiger partial charge in [-0.25, -0.2) is 0 Å². The molecule has 0 fully saturated rings. The molecule has 0 spiro atoms. The molecule has 0 aliphatic carbocycles. The van der Waals surface area contributed by atoms with Crippen molar-refractivity contribution in [1.29, 1.82) is 0 Å². The van der Waals surface area contributed by atoms with Gasteiger partial charge in [-0.15, -0.1) is 0 Å². The van der Waals surface area contributed by atoms with Gasteiger partial charge in [0.15, 0.2) is 0 Å². The molecule has 282 valence electrons. The number of rotatable bonds is 13. The zero-order chi connectivity index (χ0) is 38.5. The van der Waals surface area contributed by atoms with Crippen LogP contribution in [-0.4, -0.2) is 39.8 Å². The largest absolute Gasteiger partial charge is 0.508 e. The van der Waals surface area contributed by atoms with Crippen molar-refractivity contribution in [2.75, 3.05) is 14.2 Å². The Morgan fingerprint density at radius 1 is 0.582 bits per heavy atom. The lowest BCUT2D eigenvalue weighted by molar-refractivity contribution is 0.176. The molecule has 7 rings (SSSR count). The summed E-state index contributed by atoms with van der Waals surface area (Å²) < 4.78 is 17.8. The van der Waals surface area contributed by atoms with Gasteiger partial charge in [-0.05, 0) is 114 Å². The summed E-state index contributed by atoms with van der Waals surface area (Å²) in [5, 5.41) is 53.3. The van der Waals surface area contributed by atoms with Gasteiger partial charge in [0.2, 0.25) is 0 Å². The lowest BCUT2D eigenvalue weighted by Gasteiger charge is -2.29. The summed E-state index contributed by atoms with van der Waals surface area (Å²) in [7, 11) is 3.16. The smallest absolute Gasteiger partial charge is 0.127 e. The van der Waals surface area contributed by atoms with Gasteiger partial charge in [0.25, 0.3) is 0 Å². The van der Waals surface area contributed by atoms with Crippen molar-refractivity contribution >= 4 is 0 Å². The van der Waals surface area contributed by atoms with Crippen molar-refractivity contribution in [3.8, 4) is 46.0 Å². The second kappa shape index (κ2) is 16.4. The average molecular weight is 739 g/mol. The number of ether oxygens (including phenoxy) is 3. The van der Waals surface area contributed by atoms with Gasteiger partial charge in [0.05, 0.1) is 14.2 Å². The number of aromatic hydroxyl groups is 5. The summed E-state index contributed by atoms with van der Waals surface area (Å²) in [6, 6.07) is 36.8. The first-order valence-electron chi connectivity index (χ1n) is 18.6. The van der Waals surface area contributed by atoms with Crippen molar-refractivity contribution in [3.05, 3.63) is 166 Å².